The molecule has 0 aliphatic carbocycles. The number of aliphatic carboxylic acids is 1. The lowest BCUT2D eigenvalue weighted by Gasteiger charge is -2.15. The van der Waals surface area contributed by atoms with Gasteiger partial charge in [-0.2, -0.15) is 0 Å². The van der Waals surface area contributed by atoms with Crippen LogP contribution < -0.4 is 10.1 Å². The number of carboxylic acids is 1. The number of nitrogens with one attached hydrogen (secondary N) is 1. The van der Waals surface area contributed by atoms with E-state index in [4.69, 9.17) is 4.74 Å². The van der Waals surface area contributed by atoms with Gasteiger partial charge < -0.3 is 14.6 Å². The quantitative estimate of drug-likeness (QED) is 0.717. The van der Waals surface area contributed by atoms with Gasteiger partial charge in [0.05, 0.1) is 7.11 Å². The number of carboxylic acid groups (broad SMARTS) is 1. The van der Waals surface area contributed by atoms with Crippen LogP contribution in [-0.2, 0) is 20.9 Å². The maximum Gasteiger partial charge on any atom is 0.346 e. The summed E-state index contributed by atoms with van der Waals surface area (Å²) in [6.45, 7) is 2.00. The monoisotopic (exact) mass is 343 g/mol. The molecule has 2 atom stereocenters. The molecule has 25 heavy (non-hydrogen) atoms. The van der Waals surface area contributed by atoms with E-state index in [-0.39, 0.29) is 0 Å². The summed E-state index contributed by atoms with van der Waals surface area (Å²) in [7, 11) is 1.31. The van der Waals surface area contributed by atoms with Crippen molar-refractivity contribution in [1.29, 1.82) is 0 Å². The molecule has 2 rings (SSSR count). The summed E-state index contributed by atoms with van der Waals surface area (Å²) < 4.78 is 10.1. The van der Waals surface area contributed by atoms with E-state index in [1.54, 1.807) is 31.2 Å². The Morgan fingerprint density at radius 1 is 1.08 bits per heavy atom. The predicted molar refractivity (Wildman–Crippen MR) is 92.2 cm³/mol. The summed E-state index contributed by atoms with van der Waals surface area (Å²) in [5.74, 6) is -0.838. The van der Waals surface area contributed by atoms with Gasteiger partial charge in [-0.25, -0.2) is 4.79 Å². The maximum atomic E-state index is 11.5. The topological polar surface area (TPSA) is 84.9 Å². The molecule has 0 spiro atoms. The second-order valence-electron chi connectivity index (χ2n) is 5.49. The lowest BCUT2D eigenvalue weighted by Crippen LogP contribution is -2.28. The van der Waals surface area contributed by atoms with E-state index >= 15 is 0 Å². The largest absolute Gasteiger partial charge is 0.480 e. The zero-order chi connectivity index (χ0) is 18.2. The summed E-state index contributed by atoms with van der Waals surface area (Å²) in [5, 5.41) is 12.4. The van der Waals surface area contributed by atoms with Crippen LogP contribution in [0.15, 0.2) is 54.6 Å². The molecule has 2 aromatic rings. The summed E-state index contributed by atoms with van der Waals surface area (Å²) in [6, 6.07) is 15.3. The highest BCUT2D eigenvalue weighted by Crippen LogP contribution is 2.17. The summed E-state index contributed by atoms with van der Waals surface area (Å²) in [4.78, 5) is 22.8. The van der Waals surface area contributed by atoms with E-state index in [1.165, 1.54) is 7.11 Å². The Hall–Kier alpha value is -2.86. The van der Waals surface area contributed by atoms with Gasteiger partial charge in [0.25, 0.3) is 0 Å². The number of carbonyl (C=O) groups is 2. The van der Waals surface area contributed by atoms with Crippen molar-refractivity contribution >= 4 is 11.9 Å². The number of methoxy groups -OCH3 is 1. The van der Waals surface area contributed by atoms with Crippen LogP contribution in [0, 0.1) is 0 Å². The third-order valence-electron chi connectivity index (χ3n) is 3.66. The Kier molecular flexibility index (Phi) is 6.54. The van der Waals surface area contributed by atoms with E-state index < -0.39 is 24.1 Å². The van der Waals surface area contributed by atoms with Crippen molar-refractivity contribution in [2.45, 2.75) is 25.6 Å². The Morgan fingerprint density at radius 3 is 2.28 bits per heavy atom. The average molecular weight is 343 g/mol. The fourth-order valence-corrected chi connectivity index (χ4v) is 2.32. The van der Waals surface area contributed by atoms with E-state index in [9.17, 15) is 14.7 Å². The minimum atomic E-state index is -0.932. The van der Waals surface area contributed by atoms with Crippen LogP contribution in [0.3, 0.4) is 0 Å². The van der Waals surface area contributed by atoms with Crippen molar-refractivity contribution in [3.05, 3.63) is 65.7 Å². The number of hydrogen-bond acceptors (Lipinski definition) is 5. The molecule has 132 valence electrons. The van der Waals surface area contributed by atoms with Crippen LogP contribution >= 0.6 is 0 Å². The van der Waals surface area contributed by atoms with Crippen LogP contribution in [0.1, 0.15) is 24.1 Å². The maximum absolute atomic E-state index is 11.5. The smallest absolute Gasteiger partial charge is 0.346 e. The molecular formula is C19H21NO5. The van der Waals surface area contributed by atoms with E-state index in [2.05, 4.69) is 10.1 Å². The van der Waals surface area contributed by atoms with Gasteiger partial charge in [-0.3, -0.25) is 10.1 Å². The summed E-state index contributed by atoms with van der Waals surface area (Å²) >= 11 is 0. The molecule has 0 heterocycles. The lowest BCUT2D eigenvalue weighted by molar-refractivity contribution is -0.148. The van der Waals surface area contributed by atoms with Gasteiger partial charge in [-0.1, -0.05) is 42.5 Å². The van der Waals surface area contributed by atoms with Crippen molar-refractivity contribution in [1.82, 2.24) is 5.32 Å². The predicted octanol–water partition coefficient (Wildman–Crippen LogP) is 2.54. The minimum Gasteiger partial charge on any atom is -0.480 e. The molecule has 0 saturated carbocycles. The zero-order valence-electron chi connectivity index (χ0n) is 14.1. The van der Waals surface area contributed by atoms with Gasteiger partial charge in [0.2, 0.25) is 0 Å². The van der Waals surface area contributed by atoms with Gasteiger partial charge in [0, 0.05) is 6.54 Å². The standard InChI is InChI=1S/C19H21NO5/c1-13(19(23)24-2)25-16-10-8-14(9-11-16)12-20-17(18(21)22)15-6-4-3-5-7-15/h3-11,13,17,20H,12H2,1-2H3,(H,21,22)/t13?,17-/m1/s1. The Labute approximate surface area is 146 Å². The van der Waals surface area contributed by atoms with Crippen molar-refractivity contribution < 1.29 is 24.2 Å². The molecule has 0 aliphatic rings. The van der Waals surface area contributed by atoms with Gasteiger partial charge in [0.15, 0.2) is 6.10 Å². The number of benzene rings is 2. The first kappa shape index (κ1) is 18.5. The van der Waals surface area contributed by atoms with Gasteiger partial charge in [-0.15, -0.1) is 0 Å². The zero-order valence-corrected chi connectivity index (χ0v) is 14.1. The molecular weight excluding hydrogens is 322 g/mol. The Balaban J connectivity index is 1.96. The highest BCUT2D eigenvalue weighted by Gasteiger charge is 2.18. The van der Waals surface area contributed by atoms with Crippen molar-refractivity contribution in [3.8, 4) is 5.75 Å². The number of carbonyl (C=O) groups excluding carboxylic acids is 1. The molecule has 6 heteroatoms. The van der Waals surface area contributed by atoms with E-state index in [0.717, 1.165) is 5.56 Å². The fraction of sp³-hybridized carbons (Fsp3) is 0.263. The first-order chi connectivity index (χ1) is 12.0. The summed E-state index contributed by atoms with van der Waals surface area (Å²) in [6.07, 6.45) is -0.691. The molecule has 6 nitrogen and oxygen atoms in total. The first-order valence-corrected chi connectivity index (χ1v) is 7.86. The molecule has 0 aromatic heterocycles. The van der Waals surface area contributed by atoms with Crippen LogP contribution in [0.25, 0.3) is 0 Å². The minimum absolute atomic E-state index is 0.388. The fourth-order valence-electron chi connectivity index (χ4n) is 2.32. The normalized spacial score (nSPS) is 12.9. The third-order valence-corrected chi connectivity index (χ3v) is 3.66. The lowest BCUT2D eigenvalue weighted by atomic mass is 10.1. The molecule has 2 N–H and O–H groups in total. The second kappa shape index (κ2) is 8.84. The van der Waals surface area contributed by atoms with Crippen LogP contribution in [0.4, 0.5) is 0 Å². The highest BCUT2D eigenvalue weighted by atomic mass is 16.6. The molecule has 0 fully saturated rings. The molecule has 0 aliphatic heterocycles. The summed E-state index contributed by atoms with van der Waals surface area (Å²) in [5.41, 5.74) is 1.60. The van der Waals surface area contributed by atoms with Crippen LogP contribution in [0.5, 0.6) is 5.75 Å². The highest BCUT2D eigenvalue weighted by molar-refractivity contribution is 5.75. The van der Waals surface area contributed by atoms with E-state index in [1.807, 2.05) is 30.3 Å². The average Bonchev–Trinajstić information content (AvgIpc) is 2.63. The Morgan fingerprint density at radius 2 is 1.72 bits per heavy atom. The van der Waals surface area contributed by atoms with Gasteiger partial charge >= 0.3 is 11.9 Å². The van der Waals surface area contributed by atoms with Crippen LogP contribution in [-0.4, -0.2) is 30.3 Å². The molecule has 0 amide bonds. The van der Waals surface area contributed by atoms with Crippen LogP contribution in [0.2, 0.25) is 0 Å². The third kappa shape index (κ3) is 5.32. The molecule has 2 aromatic carbocycles. The molecule has 0 bridgehead atoms. The molecule has 0 radical (unpaired) electrons. The number of ether oxygens (including phenoxy) is 2. The number of rotatable bonds is 8. The SMILES string of the molecule is COC(=O)C(C)Oc1ccc(CN[C@@H](C(=O)O)c2ccccc2)cc1. The number of esters is 1. The Bertz CT molecular complexity index is 700. The van der Waals surface area contributed by atoms with Gasteiger partial charge in [0.1, 0.15) is 11.8 Å². The van der Waals surface area contributed by atoms with Gasteiger partial charge in [-0.05, 0) is 30.2 Å². The molecule has 1 unspecified atom stereocenters. The van der Waals surface area contributed by atoms with Crippen molar-refractivity contribution in [3.63, 3.8) is 0 Å². The molecule has 0 saturated heterocycles. The van der Waals surface area contributed by atoms with Crippen molar-refractivity contribution in [2.24, 2.45) is 0 Å². The van der Waals surface area contributed by atoms with Crippen molar-refractivity contribution in [2.75, 3.05) is 7.11 Å². The first-order valence-electron chi connectivity index (χ1n) is 7.86. The number of hydrogen-bond donors (Lipinski definition) is 2. The van der Waals surface area contributed by atoms with E-state index in [0.29, 0.717) is 17.9 Å². The second-order valence-corrected chi connectivity index (χ2v) is 5.49.